The lowest BCUT2D eigenvalue weighted by Gasteiger charge is -2.29. The molecule has 7 heteroatoms. The first-order valence-corrected chi connectivity index (χ1v) is 12.0. The van der Waals surface area contributed by atoms with Crippen LogP contribution in [-0.4, -0.2) is 34.5 Å². The number of carbonyl (C=O) groups is 2. The first-order valence-electron chi connectivity index (χ1n) is 11.1. The average Bonchev–Trinajstić information content (AvgIpc) is 3.56. The number of aromatic amines is 1. The highest BCUT2D eigenvalue weighted by Gasteiger charge is 2.35. The number of nitrogens with one attached hydrogen (secondary N) is 3. The molecule has 3 aromatic heterocycles. The Balaban J connectivity index is 1.57. The molecular formula is C25H24N4O2S. The summed E-state index contributed by atoms with van der Waals surface area (Å²) in [5, 5.41) is 9.96. The second kappa shape index (κ2) is 7.46. The van der Waals surface area contributed by atoms with E-state index in [-0.39, 0.29) is 11.8 Å². The minimum Gasteiger partial charge on any atom is -0.352 e. The van der Waals surface area contributed by atoms with Crippen molar-refractivity contribution < 1.29 is 9.59 Å². The first-order chi connectivity index (χ1) is 15.6. The highest BCUT2D eigenvalue weighted by molar-refractivity contribution is 7.16. The number of para-hydroxylation sites is 1. The van der Waals surface area contributed by atoms with Crippen molar-refractivity contribution in [3.63, 3.8) is 0 Å². The summed E-state index contributed by atoms with van der Waals surface area (Å²) in [4.78, 5) is 30.3. The van der Waals surface area contributed by atoms with Gasteiger partial charge in [0.25, 0.3) is 11.8 Å². The molecule has 0 radical (unpaired) electrons. The van der Waals surface area contributed by atoms with Gasteiger partial charge in [-0.05, 0) is 56.3 Å². The number of thiophene rings is 1. The molecule has 1 atom stereocenters. The fourth-order valence-corrected chi connectivity index (χ4v) is 6.09. The molecule has 0 saturated carbocycles. The van der Waals surface area contributed by atoms with Gasteiger partial charge in [-0.25, -0.2) is 0 Å². The van der Waals surface area contributed by atoms with Crippen molar-refractivity contribution >= 4 is 55.4 Å². The molecule has 3 N–H and O–H groups in total. The van der Waals surface area contributed by atoms with Crippen LogP contribution in [0.5, 0.6) is 0 Å². The third-order valence-electron chi connectivity index (χ3n) is 7.02. The molecule has 2 aliphatic rings. The number of piperidine rings is 1. The summed E-state index contributed by atoms with van der Waals surface area (Å²) in [5.41, 5.74) is 3.63. The number of amides is 2. The van der Waals surface area contributed by atoms with Crippen molar-refractivity contribution in [2.75, 3.05) is 13.1 Å². The average molecular weight is 445 g/mol. The number of aromatic nitrogens is 2. The van der Waals surface area contributed by atoms with Crippen LogP contribution in [0.15, 0.2) is 48.1 Å². The van der Waals surface area contributed by atoms with Crippen LogP contribution in [0.1, 0.15) is 36.9 Å². The number of hydrogen-bond donors (Lipinski definition) is 3. The predicted octanol–water partition coefficient (Wildman–Crippen LogP) is 4.31. The molecule has 1 aromatic carbocycles. The quantitative estimate of drug-likeness (QED) is 0.411. The van der Waals surface area contributed by atoms with E-state index in [1.165, 1.54) is 0 Å². The van der Waals surface area contributed by atoms with Gasteiger partial charge in [0, 0.05) is 45.9 Å². The topological polar surface area (TPSA) is 78.9 Å². The lowest BCUT2D eigenvalue weighted by atomic mass is 9.91. The third kappa shape index (κ3) is 2.88. The Hall–Kier alpha value is -3.16. The summed E-state index contributed by atoms with van der Waals surface area (Å²) in [6.45, 7) is 4.34. The summed E-state index contributed by atoms with van der Waals surface area (Å²) in [6, 6.07) is 10.5. The van der Waals surface area contributed by atoms with Crippen LogP contribution in [0.4, 0.5) is 0 Å². The molecule has 0 spiro atoms. The van der Waals surface area contributed by atoms with Gasteiger partial charge in [0.1, 0.15) is 4.83 Å². The molecule has 5 heterocycles. The lowest BCUT2D eigenvalue weighted by Crippen LogP contribution is -2.31. The highest BCUT2D eigenvalue weighted by Crippen LogP contribution is 2.40. The molecular weight excluding hydrogens is 420 g/mol. The molecule has 1 fully saturated rings. The highest BCUT2D eigenvalue weighted by atomic mass is 32.1. The maximum atomic E-state index is 13.1. The molecule has 6 nitrogen and oxygen atoms in total. The molecule has 6 rings (SSSR count). The molecule has 0 bridgehead atoms. The maximum Gasteiger partial charge on any atom is 0.259 e. The van der Waals surface area contributed by atoms with Gasteiger partial charge < -0.3 is 14.9 Å². The van der Waals surface area contributed by atoms with Gasteiger partial charge in [-0.3, -0.25) is 14.9 Å². The summed E-state index contributed by atoms with van der Waals surface area (Å²) in [7, 11) is 0. The minimum atomic E-state index is -0.333. The predicted molar refractivity (Wildman–Crippen MR) is 128 cm³/mol. The molecule has 2 aliphatic heterocycles. The Morgan fingerprint density at radius 3 is 2.56 bits per heavy atom. The van der Waals surface area contributed by atoms with Crippen molar-refractivity contribution in [1.82, 2.24) is 20.2 Å². The normalized spacial score (nSPS) is 18.8. The number of fused-ring (bicyclic) bond motifs is 2. The monoisotopic (exact) mass is 444 g/mol. The van der Waals surface area contributed by atoms with Crippen LogP contribution < -0.4 is 10.6 Å². The van der Waals surface area contributed by atoms with Gasteiger partial charge >= 0.3 is 0 Å². The second-order valence-corrected chi connectivity index (χ2v) is 9.61. The van der Waals surface area contributed by atoms with Gasteiger partial charge in [-0.15, -0.1) is 11.3 Å². The molecule has 162 valence electrons. The number of H-pyrrole nitrogens is 1. The number of carbonyl (C=O) groups excluding carboxylic acids is 2. The lowest BCUT2D eigenvalue weighted by molar-refractivity contribution is -0.122. The Morgan fingerprint density at radius 1 is 1.00 bits per heavy atom. The number of nitrogens with zero attached hydrogens (tertiary/aromatic N) is 1. The standard InChI is InChI=1S/C25H24N4O2S/c1-14(15-6-9-26-10-7-15)29-13-19(16-4-2-3-5-20(16)29)22-21(23(30)28-24(22)31)18-12-27-25-17(18)8-11-32-25/h2-5,8,11-15,26-27H,6-7,9-10H2,1H3,(H,28,30,31). The Labute approximate surface area is 189 Å². The number of benzene rings is 1. The van der Waals surface area contributed by atoms with E-state index in [9.17, 15) is 9.59 Å². The van der Waals surface area contributed by atoms with Crippen LogP contribution in [0.3, 0.4) is 0 Å². The first kappa shape index (κ1) is 19.5. The van der Waals surface area contributed by atoms with Crippen LogP contribution in [0.25, 0.3) is 32.3 Å². The second-order valence-electron chi connectivity index (χ2n) is 8.69. The Morgan fingerprint density at radius 2 is 1.75 bits per heavy atom. The SMILES string of the molecule is CC(C1CCNCC1)n1cc(C2=C(c3c[nH]c4sccc34)C(=O)NC2=O)c2ccccc21. The van der Waals surface area contributed by atoms with E-state index in [1.807, 2.05) is 35.8 Å². The minimum absolute atomic E-state index is 0.302. The van der Waals surface area contributed by atoms with Gasteiger partial charge in [0.2, 0.25) is 0 Å². The summed E-state index contributed by atoms with van der Waals surface area (Å²) in [6.07, 6.45) is 6.19. The smallest absolute Gasteiger partial charge is 0.259 e. The molecule has 4 aromatic rings. The van der Waals surface area contributed by atoms with E-state index in [2.05, 4.69) is 39.4 Å². The van der Waals surface area contributed by atoms with Crippen molar-refractivity contribution in [3.8, 4) is 0 Å². The summed E-state index contributed by atoms with van der Waals surface area (Å²) >= 11 is 1.59. The van der Waals surface area contributed by atoms with Gasteiger partial charge in [0.05, 0.1) is 11.1 Å². The number of rotatable bonds is 4. The van der Waals surface area contributed by atoms with E-state index in [0.29, 0.717) is 23.1 Å². The van der Waals surface area contributed by atoms with Crippen LogP contribution >= 0.6 is 11.3 Å². The molecule has 0 aliphatic carbocycles. The van der Waals surface area contributed by atoms with Crippen LogP contribution in [0.2, 0.25) is 0 Å². The zero-order valence-corrected chi connectivity index (χ0v) is 18.6. The Bertz CT molecular complexity index is 1400. The van der Waals surface area contributed by atoms with E-state index in [4.69, 9.17) is 0 Å². The van der Waals surface area contributed by atoms with Crippen molar-refractivity contribution in [2.24, 2.45) is 5.92 Å². The van der Waals surface area contributed by atoms with E-state index in [1.54, 1.807) is 11.3 Å². The number of imide groups is 1. The van der Waals surface area contributed by atoms with Gasteiger partial charge in [-0.2, -0.15) is 0 Å². The van der Waals surface area contributed by atoms with Crippen molar-refractivity contribution in [2.45, 2.75) is 25.8 Å². The molecule has 32 heavy (non-hydrogen) atoms. The van der Waals surface area contributed by atoms with Gasteiger partial charge in [-0.1, -0.05) is 18.2 Å². The summed E-state index contributed by atoms with van der Waals surface area (Å²) in [5.74, 6) is -0.0881. The van der Waals surface area contributed by atoms with Crippen molar-refractivity contribution in [1.29, 1.82) is 0 Å². The molecule has 1 saturated heterocycles. The van der Waals surface area contributed by atoms with Crippen LogP contribution in [0, 0.1) is 5.92 Å². The largest absolute Gasteiger partial charge is 0.352 e. The third-order valence-corrected chi connectivity index (χ3v) is 7.86. The summed E-state index contributed by atoms with van der Waals surface area (Å²) < 4.78 is 2.30. The maximum absolute atomic E-state index is 13.1. The fourth-order valence-electron chi connectivity index (χ4n) is 5.32. The van der Waals surface area contributed by atoms with E-state index >= 15 is 0 Å². The van der Waals surface area contributed by atoms with Crippen molar-refractivity contribution in [3.05, 3.63) is 59.2 Å². The van der Waals surface area contributed by atoms with Crippen LogP contribution in [-0.2, 0) is 9.59 Å². The molecule has 2 amide bonds. The fraction of sp³-hybridized carbons (Fsp3) is 0.280. The number of hydrogen-bond acceptors (Lipinski definition) is 4. The molecule has 1 unspecified atom stereocenters. The van der Waals surface area contributed by atoms with E-state index in [0.717, 1.165) is 58.2 Å². The zero-order chi connectivity index (χ0) is 21.8. The Kier molecular flexibility index (Phi) is 4.55. The van der Waals surface area contributed by atoms with E-state index < -0.39 is 0 Å². The zero-order valence-electron chi connectivity index (χ0n) is 17.8. The van der Waals surface area contributed by atoms with Gasteiger partial charge in [0.15, 0.2) is 0 Å².